The summed E-state index contributed by atoms with van der Waals surface area (Å²) in [6.45, 7) is 3.32. The number of nitrogens with one attached hydrogen (secondary N) is 1. The fourth-order valence-corrected chi connectivity index (χ4v) is 4.62. The van der Waals surface area contributed by atoms with Crippen molar-refractivity contribution in [1.29, 1.82) is 0 Å². The van der Waals surface area contributed by atoms with Crippen molar-refractivity contribution in [3.63, 3.8) is 0 Å². The molecule has 0 saturated heterocycles. The summed E-state index contributed by atoms with van der Waals surface area (Å²) in [7, 11) is -3.97. The van der Waals surface area contributed by atoms with Gasteiger partial charge < -0.3 is 5.32 Å². The predicted octanol–water partition coefficient (Wildman–Crippen LogP) is 4.72. The number of aryl methyl sites for hydroxylation is 1. The van der Waals surface area contributed by atoms with Gasteiger partial charge in [-0.1, -0.05) is 66.2 Å². The van der Waals surface area contributed by atoms with E-state index in [1.807, 2.05) is 44.2 Å². The summed E-state index contributed by atoms with van der Waals surface area (Å²) in [5.41, 5.74) is 2.08. The van der Waals surface area contributed by atoms with Crippen molar-refractivity contribution in [3.8, 4) is 0 Å². The Morgan fingerprint density at radius 1 is 1.00 bits per heavy atom. The molecule has 1 amide bonds. The van der Waals surface area contributed by atoms with Gasteiger partial charge in [0.25, 0.3) is 10.0 Å². The minimum Gasteiger partial charge on any atom is -0.348 e. The Labute approximate surface area is 182 Å². The lowest BCUT2D eigenvalue weighted by Gasteiger charge is -2.25. The van der Waals surface area contributed by atoms with Gasteiger partial charge in [-0.3, -0.25) is 9.10 Å². The smallest absolute Gasteiger partial charge is 0.264 e. The molecule has 0 fully saturated rings. The number of hydrogen-bond donors (Lipinski definition) is 1. The van der Waals surface area contributed by atoms with Crippen LogP contribution >= 0.6 is 11.6 Å². The van der Waals surface area contributed by atoms with E-state index in [0.717, 1.165) is 15.4 Å². The molecule has 3 aromatic carbocycles. The second kappa shape index (κ2) is 9.32. The first kappa shape index (κ1) is 21.9. The zero-order valence-electron chi connectivity index (χ0n) is 16.7. The number of halogens is 1. The molecule has 156 valence electrons. The Morgan fingerprint density at radius 2 is 1.60 bits per heavy atom. The van der Waals surface area contributed by atoms with Crippen LogP contribution in [-0.4, -0.2) is 20.9 Å². The Morgan fingerprint density at radius 3 is 2.20 bits per heavy atom. The van der Waals surface area contributed by atoms with Crippen LogP contribution in [-0.2, 0) is 14.8 Å². The van der Waals surface area contributed by atoms with E-state index in [4.69, 9.17) is 11.6 Å². The number of hydrogen-bond acceptors (Lipinski definition) is 3. The van der Waals surface area contributed by atoms with Gasteiger partial charge in [0.1, 0.15) is 6.54 Å². The average Bonchev–Trinajstić information content (AvgIpc) is 2.75. The third-order valence-electron chi connectivity index (χ3n) is 4.74. The van der Waals surface area contributed by atoms with Gasteiger partial charge in [-0.05, 0) is 49.2 Å². The summed E-state index contributed by atoms with van der Waals surface area (Å²) in [6.07, 6.45) is 0. The van der Waals surface area contributed by atoms with E-state index in [1.54, 1.807) is 36.4 Å². The highest BCUT2D eigenvalue weighted by Gasteiger charge is 2.28. The van der Waals surface area contributed by atoms with Crippen LogP contribution in [0.3, 0.4) is 0 Å². The molecule has 1 atom stereocenters. The molecule has 3 aromatic rings. The number of amides is 1. The van der Waals surface area contributed by atoms with Gasteiger partial charge in [-0.2, -0.15) is 0 Å². The van der Waals surface area contributed by atoms with Crippen LogP contribution in [0.4, 0.5) is 5.69 Å². The molecule has 0 radical (unpaired) electrons. The first-order chi connectivity index (χ1) is 14.3. The third-order valence-corrected chi connectivity index (χ3v) is 6.93. The maximum atomic E-state index is 13.3. The van der Waals surface area contributed by atoms with Gasteiger partial charge >= 0.3 is 0 Å². The first-order valence-corrected chi connectivity index (χ1v) is 11.3. The molecule has 0 aliphatic heterocycles. The third kappa shape index (κ3) is 5.01. The molecule has 0 bridgehead atoms. The van der Waals surface area contributed by atoms with Crippen LogP contribution in [0.1, 0.15) is 24.1 Å². The summed E-state index contributed by atoms with van der Waals surface area (Å²) in [4.78, 5) is 12.9. The molecule has 1 N–H and O–H groups in total. The number of carbonyl (C=O) groups is 1. The van der Waals surface area contributed by atoms with Crippen LogP contribution in [0.15, 0.2) is 83.8 Å². The van der Waals surface area contributed by atoms with E-state index in [-0.39, 0.29) is 17.5 Å². The van der Waals surface area contributed by atoms with Crippen molar-refractivity contribution in [3.05, 3.63) is 95.0 Å². The zero-order chi connectivity index (χ0) is 21.7. The summed E-state index contributed by atoms with van der Waals surface area (Å²) in [6, 6.07) is 22.2. The van der Waals surface area contributed by atoms with Gasteiger partial charge in [0.15, 0.2) is 0 Å². The van der Waals surface area contributed by atoms with E-state index in [2.05, 4.69) is 5.32 Å². The van der Waals surface area contributed by atoms with Crippen molar-refractivity contribution in [2.45, 2.75) is 24.8 Å². The fraction of sp³-hybridized carbons (Fsp3) is 0.174. The molecule has 0 saturated carbocycles. The molecule has 30 heavy (non-hydrogen) atoms. The Kier molecular flexibility index (Phi) is 6.80. The quantitative estimate of drug-likeness (QED) is 0.575. The molecule has 0 spiro atoms. The molecule has 7 heteroatoms. The Bertz CT molecular complexity index is 1120. The summed E-state index contributed by atoms with van der Waals surface area (Å²) >= 11 is 6.23. The van der Waals surface area contributed by atoms with E-state index in [0.29, 0.717) is 10.7 Å². The number of sulfonamides is 1. The van der Waals surface area contributed by atoms with Gasteiger partial charge in [0.2, 0.25) is 5.91 Å². The highest BCUT2D eigenvalue weighted by molar-refractivity contribution is 7.92. The van der Waals surface area contributed by atoms with E-state index >= 15 is 0 Å². The zero-order valence-corrected chi connectivity index (χ0v) is 18.3. The second-order valence-corrected chi connectivity index (χ2v) is 9.23. The number of nitrogens with zero attached hydrogens (tertiary/aromatic N) is 1. The first-order valence-electron chi connectivity index (χ1n) is 9.47. The van der Waals surface area contributed by atoms with E-state index < -0.39 is 15.9 Å². The second-order valence-electron chi connectivity index (χ2n) is 6.96. The van der Waals surface area contributed by atoms with Crippen LogP contribution in [0.2, 0.25) is 5.02 Å². The average molecular weight is 443 g/mol. The Hall–Kier alpha value is -2.83. The molecular weight excluding hydrogens is 420 g/mol. The van der Waals surface area contributed by atoms with Crippen molar-refractivity contribution in [1.82, 2.24) is 5.32 Å². The monoisotopic (exact) mass is 442 g/mol. The lowest BCUT2D eigenvalue weighted by Crippen LogP contribution is -2.41. The minimum atomic E-state index is -3.97. The highest BCUT2D eigenvalue weighted by Crippen LogP contribution is 2.28. The molecule has 0 aromatic heterocycles. The van der Waals surface area contributed by atoms with Crippen molar-refractivity contribution < 1.29 is 13.2 Å². The van der Waals surface area contributed by atoms with E-state index in [9.17, 15) is 13.2 Å². The summed E-state index contributed by atoms with van der Waals surface area (Å²) in [5.74, 6) is -0.414. The van der Waals surface area contributed by atoms with Crippen LogP contribution < -0.4 is 9.62 Å². The van der Waals surface area contributed by atoms with Crippen molar-refractivity contribution in [2.24, 2.45) is 0 Å². The maximum Gasteiger partial charge on any atom is 0.264 e. The molecule has 3 rings (SSSR count). The maximum absolute atomic E-state index is 13.3. The van der Waals surface area contributed by atoms with Gasteiger partial charge in [-0.15, -0.1) is 0 Å². The Balaban J connectivity index is 1.91. The molecule has 0 unspecified atom stereocenters. The number of benzene rings is 3. The lowest BCUT2D eigenvalue weighted by molar-refractivity contribution is -0.120. The number of rotatable bonds is 7. The SMILES string of the molecule is Cc1ccc(N(CC(=O)N[C@H](C)c2ccccc2)S(=O)(=O)c2ccccc2)cc1Cl. The largest absolute Gasteiger partial charge is 0.348 e. The molecule has 5 nitrogen and oxygen atoms in total. The number of carbonyl (C=O) groups excluding carboxylic acids is 1. The summed E-state index contributed by atoms with van der Waals surface area (Å²) < 4.78 is 27.7. The predicted molar refractivity (Wildman–Crippen MR) is 120 cm³/mol. The molecule has 0 aliphatic carbocycles. The normalized spacial score (nSPS) is 12.2. The lowest BCUT2D eigenvalue weighted by atomic mass is 10.1. The molecular formula is C23H23ClN2O3S. The van der Waals surface area contributed by atoms with Crippen molar-refractivity contribution >= 4 is 33.2 Å². The minimum absolute atomic E-state index is 0.102. The van der Waals surface area contributed by atoms with Crippen LogP contribution in [0, 0.1) is 6.92 Å². The standard InChI is InChI=1S/C23H23ClN2O3S/c1-17-13-14-20(15-22(17)24)26(30(28,29)21-11-7-4-8-12-21)16-23(27)25-18(2)19-9-5-3-6-10-19/h3-15,18H,16H2,1-2H3,(H,25,27)/t18-/m1/s1. The number of anilines is 1. The molecule has 0 heterocycles. The van der Waals surface area contributed by atoms with Gasteiger partial charge in [-0.25, -0.2) is 8.42 Å². The van der Waals surface area contributed by atoms with Crippen molar-refractivity contribution in [2.75, 3.05) is 10.8 Å². The highest BCUT2D eigenvalue weighted by atomic mass is 35.5. The van der Waals surface area contributed by atoms with E-state index in [1.165, 1.54) is 12.1 Å². The van der Waals surface area contributed by atoms with Gasteiger partial charge in [0, 0.05) is 5.02 Å². The fourth-order valence-electron chi connectivity index (χ4n) is 3.01. The van der Waals surface area contributed by atoms with Crippen LogP contribution in [0.25, 0.3) is 0 Å². The molecule has 0 aliphatic rings. The van der Waals surface area contributed by atoms with Gasteiger partial charge in [0.05, 0.1) is 16.6 Å². The topological polar surface area (TPSA) is 66.5 Å². The summed E-state index contributed by atoms with van der Waals surface area (Å²) in [5, 5.41) is 3.30. The van der Waals surface area contributed by atoms with Crippen LogP contribution in [0.5, 0.6) is 0 Å².